The number of fused-ring (bicyclic) bond motifs is 3. The molecule has 3 heteroatoms. The second-order valence-electron chi connectivity index (χ2n) is 5.04. The predicted molar refractivity (Wildman–Crippen MR) is 59.6 cm³/mol. The zero-order valence-electron chi connectivity index (χ0n) is 9.59. The zero-order valence-corrected chi connectivity index (χ0v) is 9.59. The molecule has 0 radical (unpaired) electrons. The molecule has 0 amide bonds. The van der Waals surface area contributed by atoms with Crippen LogP contribution in [0.1, 0.15) is 19.8 Å². The molecule has 0 spiro atoms. The molecule has 1 saturated carbocycles. The van der Waals surface area contributed by atoms with Gasteiger partial charge in [-0.2, -0.15) is 0 Å². The number of allylic oxidation sites excluding steroid dienone is 1. The topological polar surface area (TPSA) is 27.7 Å². The SMILES string of the molecule is C=CC1O[C@H]2O[C@@H](C)[C@@H]3CC(=C)C[C@@H]3[C@H]2O1. The highest BCUT2D eigenvalue weighted by atomic mass is 16.8. The molecular weight excluding hydrogens is 204 g/mol. The van der Waals surface area contributed by atoms with Crippen LogP contribution < -0.4 is 0 Å². The molecule has 1 unspecified atom stereocenters. The van der Waals surface area contributed by atoms with Gasteiger partial charge in [-0.15, -0.1) is 0 Å². The van der Waals surface area contributed by atoms with E-state index in [0.29, 0.717) is 11.8 Å². The van der Waals surface area contributed by atoms with Crippen LogP contribution in [0.25, 0.3) is 0 Å². The Morgan fingerprint density at radius 1 is 1.19 bits per heavy atom. The summed E-state index contributed by atoms with van der Waals surface area (Å²) in [5.74, 6) is 1.05. The largest absolute Gasteiger partial charge is 0.347 e. The molecule has 0 aromatic rings. The van der Waals surface area contributed by atoms with Crippen molar-refractivity contribution in [2.24, 2.45) is 11.8 Å². The third kappa shape index (κ3) is 1.46. The van der Waals surface area contributed by atoms with Crippen LogP contribution in [0.4, 0.5) is 0 Å². The van der Waals surface area contributed by atoms with Gasteiger partial charge in [0, 0.05) is 0 Å². The molecule has 2 saturated heterocycles. The minimum atomic E-state index is -0.310. The van der Waals surface area contributed by atoms with Gasteiger partial charge in [0.2, 0.25) is 0 Å². The van der Waals surface area contributed by atoms with Crippen LogP contribution in [-0.4, -0.2) is 24.8 Å². The zero-order chi connectivity index (χ0) is 11.3. The lowest BCUT2D eigenvalue weighted by atomic mass is 9.84. The first-order chi connectivity index (χ1) is 7.69. The smallest absolute Gasteiger partial charge is 0.187 e. The van der Waals surface area contributed by atoms with Gasteiger partial charge in [0.05, 0.1) is 6.10 Å². The van der Waals surface area contributed by atoms with Crippen molar-refractivity contribution in [2.75, 3.05) is 0 Å². The van der Waals surface area contributed by atoms with E-state index in [1.807, 2.05) is 0 Å². The molecule has 1 aliphatic carbocycles. The van der Waals surface area contributed by atoms with Crippen LogP contribution >= 0.6 is 0 Å². The Labute approximate surface area is 96.1 Å². The predicted octanol–water partition coefficient (Wildman–Crippen LogP) is 2.24. The van der Waals surface area contributed by atoms with E-state index in [2.05, 4.69) is 20.1 Å². The molecule has 2 heterocycles. The van der Waals surface area contributed by atoms with Crippen molar-refractivity contribution < 1.29 is 14.2 Å². The number of hydrogen-bond donors (Lipinski definition) is 0. The first-order valence-corrected chi connectivity index (χ1v) is 5.94. The maximum absolute atomic E-state index is 5.87. The highest BCUT2D eigenvalue weighted by Crippen LogP contribution is 2.48. The van der Waals surface area contributed by atoms with E-state index in [9.17, 15) is 0 Å². The third-order valence-electron chi connectivity index (χ3n) is 3.99. The fourth-order valence-electron chi connectivity index (χ4n) is 3.22. The summed E-state index contributed by atoms with van der Waals surface area (Å²) in [4.78, 5) is 0. The minimum absolute atomic E-state index is 0.0587. The molecule has 0 aromatic heterocycles. The molecule has 3 aliphatic rings. The van der Waals surface area contributed by atoms with Gasteiger partial charge in [-0.1, -0.05) is 18.7 Å². The lowest BCUT2D eigenvalue weighted by Crippen LogP contribution is -2.46. The first-order valence-electron chi connectivity index (χ1n) is 5.94. The first kappa shape index (κ1) is 10.5. The highest BCUT2D eigenvalue weighted by molar-refractivity contribution is 5.11. The van der Waals surface area contributed by atoms with Crippen LogP contribution in [-0.2, 0) is 14.2 Å². The van der Waals surface area contributed by atoms with Gasteiger partial charge in [0.1, 0.15) is 6.10 Å². The summed E-state index contributed by atoms with van der Waals surface area (Å²) in [5.41, 5.74) is 1.32. The van der Waals surface area contributed by atoms with Gasteiger partial charge in [-0.25, -0.2) is 0 Å². The molecule has 2 aliphatic heterocycles. The van der Waals surface area contributed by atoms with Crippen LogP contribution in [0, 0.1) is 11.8 Å². The molecule has 6 atom stereocenters. The van der Waals surface area contributed by atoms with E-state index in [1.165, 1.54) is 5.57 Å². The quantitative estimate of drug-likeness (QED) is 0.637. The monoisotopic (exact) mass is 222 g/mol. The Hall–Kier alpha value is -0.640. The standard InChI is InChI=1S/C13H18O3/c1-4-11-15-12-10-6-7(2)5-9(10)8(3)14-13(12)16-11/h4,8-13H,1-2,5-6H2,3H3/t8-,9-,10-,11?,12+,13+/m0/s1. The van der Waals surface area contributed by atoms with E-state index in [4.69, 9.17) is 14.2 Å². The average Bonchev–Trinajstić information content (AvgIpc) is 2.80. The lowest BCUT2D eigenvalue weighted by molar-refractivity contribution is -0.204. The van der Waals surface area contributed by atoms with E-state index >= 15 is 0 Å². The van der Waals surface area contributed by atoms with Gasteiger partial charge in [-0.05, 0) is 37.7 Å². The Morgan fingerprint density at radius 2 is 1.94 bits per heavy atom. The maximum Gasteiger partial charge on any atom is 0.187 e. The Balaban J connectivity index is 1.83. The Bertz CT molecular complexity index is 325. The number of hydrogen-bond acceptors (Lipinski definition) is 3. The molecule has 0 N–H and O–H groups in total. The summed E-state index contributed by atoms with van der Waals surface area (Å²) in [5, 5.41) is 0. The van der Waals surface area contributed by atoms with Crippen molar-refractivity contribution in [1.29, 1.82) is 0 Å². The molecule has 88 valence electrons. The summed E-state index contributed by atoms with van der Waals surface area (Å²) in [6, 6.07) is 0. The Kier molecular flexibility index (Phi) is 2.42. The van der Waals surface area contributed by atoms with Gasteiger partial charge in [-0.3, -0.25) is 0 Å². The fourth-order valence-corrected chi connectivity index (χ4v) is 3.22. The maximum atomic E-state index is 5.87. The average molecular weight is 222 g/mol. The third-order valence-corrected chi connectivity index (χ3v) is 3.99. The van der Waals surface area contributed by atoms with Crippen molar-refractivity contribution in [1.82, 2.24) is 0 Å². The molecule has 16 heavy (non-hydrogen) atoms. The summed E-state index contributed by atoms with van der Waals surface area (Å²) >= 11 is 0. The van der Waals surface area contributed by atoms with Gasteiger partial charge in [0.25, 0.3) is 0 Å². The molecule has 3 rings (SSSR count). The summed E-state index contributed by atoms with van der Waals surface area (Å²) < 4.78 is 17.3. The highest BCUT2D eigenvalue weighted by Gasteiger charge is 2.52. The normalized spacial score (nSPS) is 51.2. The van der Waals surface area contributed by atoms with Gasteiger partial charge in [0.15, 0.2) is 12.6 Å². The number of ether oxygens (including phenoxy) is 3. The van der Waals surface area contributed by atoms with E-state index in [-0.39, 0.29) is 24.8 Å². The summed E-state index contributed by atoms with van der Waals surface area (Å²) in [6.45, 7) is 9.91. The van der Waals surface area contributed by atoms with Crippen molar-refractivity contribution in [3.63, 3.8) is 0 Å². The van der Waals surface area contributed by atoms with Crippen LogP contribution in [0.3, 0.4) is 0 Å². The van der Waals surface area contributed by atoms with Crippen LogP contribution in [0.5, 0.6) is 0 Å². The van der Waals surface area contributed by atoms with Gasteiger partial charge >= 0.3 is 0 Å². The van der Waals surface area contributed by atoms with Crippen molar-refractivity contribution in [3.8, 4) is 0 Å². The molecule has 0 aromatic carbocycles. The summed E-state index contributed by atoms with van der Waals surface area (Å²) in [6.07, 6.45) is 3.57. The van der Waals surface area contributed by atoms with Gasteiger partial charge < -0.3 is 14.2 Å². The molecule has 0 bridgehead atoms. The van der Waals surface area contributed by atoms with E-state index in [1.54, 1.807) is 6.08 Å². The van der Waals surface area contributed by atoms with E-state index < -0.39 is 0 Å². The van der Waals surface area contributed by atoms with Crippen molar-refractivity contribution >= 4 is 0 Å². The second-order valence-corrected chi connectivity index (χ2v) is 5.04. The lowest BCUT2D eigenvalue weighted by Gasteiger charge is -2.37. The van der Waals surface area contributed by atoms with Crippen LogP contribution in [0.15, 0.2) is 24.8 Å². The van der Waals surface area contributed by atoms with Crippen molar-refractivity contribution in [3.05, 3.63) is 24.8 Å². The van der Waals surface area contributed by atoms with Crippen LogP contribution in [0.2, 0.25) is 0 Å². The van der Waals surface area contributed by atoms with E-state index in [0.717, 1.165) is 12.8 Å². The minimum Gasteiger partial charge on any atom is -0.347 e. The summed E-state index contributed by atoms with van der Waals surface area (Å²) in [7, 11) is 0. The van der Waals surface area contributed by atoms with Crippen molar-refractivity contribution in [2.45, 2.75) is 44.6 Å². The second kappa shape index (κ2) is 3.69. The molecule has 3 fully saturated rings. The fraction of sp³-hybridized carbons (Fsp3) is 0.692. The Morgan fingerprint density at radius 3 is 2.69 bits per heavy atom. The molecular formula is C13H18O3. The molecule has 3 nitrogen and oxygen atoms in total. The number of rotatable bonds is 1.